The lowest BCUT2D eigenvalue weighted by Gasteiger charge is -2.17. The first kappa shape index (κ1) is 12.8. The number of nitrogen functional groups attached to an aromatic ring is 1. The van der Waals surface area contributed by atoms with Gasteiger partial charge in [-0.05, 0) is 37.5 Å². The molecule has 0 saturated heterocycles. The summed E-state index contributed by atoms with van der Waals surface area (Å²) in [6, 6.07) is 3.54. The maximum absolute atomic E-state index is 11.9. The van der Waals surface area contributed by atoms with E-state index in [0.717, 1.165) is 24.1 Å². The van der Waals surface area contributed by atoms with E-state index >= 15 is 0 Å². The summed E-state index contributed by atoms with van der Waals surface area (Å²) in [6.07, 6.45) is 2.48. The SMILES string of the molecule is CC(Nc1cc2c(cc1N)CC(=O)N2)C(=O)NC1CC1. The summed E-state index contributed by atoms with van der Waals surface area (Å²) in [4.78, 5) is 23.3. The number of carbonyl (C=O) groups is 2. The van der Waals surface area contributed by atoms with Crippen molar-refractivity contribution >= 4 is 28.9 Å². The van der Waals surface area contributed by atoms with E-state index < -0.39 is 0 Å². The van der Waals surface area contributed by atoms with Crippen LogP contribution in [0.15, 0.2) is 12.1 Å². The molecule has 1 aliphatic carbocycles. The van der Waals surface area contributed by atoms with E-state index in [2.05, 4.69) is 16.0 Å². The molecule has 3 rings (SSSR count). The first-order chi connectivity index (χ1) is 9.52. The summed E-state index contributed by atoms with van der Waals surface area (Å²) in [5.41, 5.74) is 8.85. The Balaban J connectivity index is 1.72. The average molecular weight is 274 g/mol. The van der Waals surface area contributed by atoms with E-state index in [0.29, 0.717) is 23.8 Å². The van der Waals surface area contributed by atoms with E-state index in [-0.39, 0.29) is 17.9 Å². The van der Waals surface area contributed by atoms with Gasteiger partial charge in [-0.25, -0.2) is 0 Å². The number of benzene rings is 1. The molecule has 1 saturated carbocycles. The van der Waals surface area contributed by atoms with Crippen LogP contribution in [0.3, 0.4) is 0 Å². The summed E-state index contributed by atoms with van der Waals surface area (Å²) in [7, 11) is 0. The van der Waals surface area contributed by atoms with Gasteiger partial charge in [0.25, 0.3) is 0 Å². The highest BCUT2D eigenvalue weighted by molar-refractivity contribution is 6.01. The lowest BCUT2D eigenvalue weighted by atomic mass is 10.1. The third-order valence-electron chi connectivity index (χ3n) is 3.59. The smallest absolute Gasteiger partial charge is 0.242 e. The Kier molecular flexibility index (Phi) is 3.00. The van der Waals surface area contributed by atoms with Crippen LogP contribution >= 0.6 is 0 Å². The number of amides is 2. The molecule has 0 bridgehead atoms. The van der Waals surface area contributed by atoms with Crippen LogP contribution in [0.1, 0.15) is 25.3 Å². The number of fused-ring (bicyclic) bond motifs is 1. The van der Waals surface area contributed by atoms with Crippen LogP contribution in [0.25, 0.3) is 0 Å². The van der Waals surface area contributed by atoms with Gasteiger partial charge in [0, 0.05) is 11.7 Å². The van der Waals surface area contributed by atoms with Crippen molar-refractivity contribution in [3.8, 4) is 0 Å². The number of carbonyl (C=O) groups excluding carboxylic acids is 2. The first-order valence-electron chi connectivity index (χ1n) is 6.82. The van der Waals surface area contributed by atoms with Crippen LogP contribution in [0.5, 0.6) is 0 Å². The quantitative estimate of drug-likeness (QED) is 0.612. The molecule has 0 aromatic heterocycles. The second-order valence-corrected chi connectivity index (χ2v) is 5.47. The molecule has 5 N–H and O–H groups in total. The van der Waals surface area contributed by atoms with Crippen molar-refractivity contribution in [2.45, 2.75) is 38.3 Å². The number of anilines is 3. The van der Waals surface area contributed by atoms with Gasteiger partial charge in [-0.15, -0.1) is 0 Å². The number of hydrogen-bond acceptors (Lipinski definition) is 4. The maximum atomic E-state index is 11.9. The minimum Gasteiger partial charge on any atom is -0.397 e. The molecule has 106 valence electrons. The van der Waals surface area contributed by atoms with Crippen LogP contribution in [0, 0.1) is 0 Å². The minimum absolute atomic E-state index is 0.0311. The normalized spacial score (nSPS) is 18.1. The van der Waals surface area contributed by atoms with Gasteiger partial charge in [-0.3, -0.25) is 9.59 Å². The molecule has 1 atom stereocenters. The first-order valence-corrected chi connectivity index (χ1v) is 6.82. The molecular formula is C14H18N4O2. The van der Waals surface area contributed by atoms with E-state index in [9.17, 15) is 9.59 Å². The Bertz CT molecular complexity index is 581. The highest BCUT2D eigenvalue weighted by atomic mass is 16.2. The number of hydrogen-bond donors (Lipinski definition) is 4. The van der Waals surface area contributed by atoms with Gasteiger partial charge < -0.3 is 21.7 Å². The molecule has 1 heterocycles. The molecule has 1 unspecified atom stereocenters. The number of nitrogens with one attached hydrogen (secondary N) is 3. The topological polar surface area (TPSA) is 96.2 Å². The fourth-order valence-corrected chi connectivity index (χ4v) is 2.27. The van der Waals surface area contributed by atoms with Crippen molar-refractivity contribution in [1.29, 1.82) is 0 Å². The Morgan fingerprint density at radius 1 is 1.45 bits per heavy atom. The Labute approximate surface area is 117 Å². The fourth-order valence-electron chi connectivity index (χ4n) is 2.27. The number of rotatable bonds is 4. The minimum atomic E-state index is -0.368. The van der Waals surface area contributed by atoms with E-state index in [1.807, 2.05) is 0 Å². The molecule has 20 heavy (non-hydrogen) atoms. The van der Waals surface area contributed by atoms with Gasteiger partial charge in [0.15, 0.2) is 0 Å². The van der Waals surface area contributed by atoms with E-state index in [1.165, 1.54) is 0 Å². The molecule has 1 aliphatic heterocycles. The lowest BCUT2D eigenvalue weighted by molar-refractivity contribution is -0.121. The molecule has 6 heteroatoms. The summed E-state index contributed by atoms with van der Waals surface area (Å²) < 4.78 is 0. The van der Waals surface area contributed by atoms with Crippen LogP contribution in [0.2, 0.25) is 0 Å². The Morgan fingerprint density at radius 3 is 2.90 bits per heavy atom. The van der Waals surface area contributed by atoms with Crippen molar-refractivity contribution < 1.29 is 9.59 Å². The third kappa shape index (κ3) is 2.54. The summed E-state index contributed by atoms with van der Waals surface area (Å²) >= 11 is 0. The van der Waals surface area contributed by atoms with Crippen molar-refractivity contribution in [1.82, 2.24) is 5.32 Å². The highest BCUT2D eigenvalue weighted by Gasteiger charge is 2.26. The molecule has 1 aromatic rings. The zero-order valence-electron chi connectivity index (χ0n) is 11.3. The van der Waals surface area contributed by atoms with Crippen molar-refractivity contribution in [2.75, 3.05) is 16.4 Å². The van der Waals surface area contributed by atoms with Crippen LogP contribution < -0.4 is 21.7 Å². The summed E-state index contributed by atoms with van der Waals surface area (Å²) in [6.45, 7) is 1.79. The van der Waals surface area contributed by atoms with Gasteiger partial charge in [0.1, 0.15) is 6.04 Å². The zero-order chi connectivity index (χ0) is 14.3. The van der Waals surface area contributed by atoms with Crippen LogP contribution in [-0.4, -0.2) is 23.9 Å². The van der Waals surface area contributed by atoms with E-state index in [1.54, 1.807) is 19.1 Å². The summed E-state index contributed by atoms with van der Waals surface area (Å²) in [5, 5.41) is 8.81. The third-order valence-corrected chi connectivity index (χ3v) is 3.59. The molecule has 2 aliphatic rings. The van der Waals surface area contributed by atoms with Gasteiger partial charge in [-0.2, -0.15) is 0 Å². The zero-order valence-corrected chi connectivity index (χ0v) is 11.3. The molecule has 0 spiro atoms. The maximum Gasteiger partial charge on any atom is 0.242 e. The molecular weight excluding hydrogens is 256 g/mol. The van der Waals surface area contributed by atoms with Gasteiger partial charge in [-0.1, -0.05) is 0 Å². The molecule has 1 aromatic carbocycles. The Morgan fingerprint density at radius 2 is 2.20 bits per heavy atom. The van der Waals surface area contributed by atoms with Crippen LogP contribution in [0.4, 0.5) is 17.1 Å². The highest BCUT2D eigenvalue weighted by Crippen LogP contribution is 2.31. The van der Waals surface area contributed by atoms with Crippen molar-refractivity contribution in [3.63, 3.8) is 0 Å². The molecule has 2 amide bonds. The second-order valence-electron chi connectivity index (χ2n) is 5.47. The fraction of sp³-hybridized carbons (Fsp3) is 0.429. The van der Waals surface area contributed by atoms with Crippen molar-refractivity contribution in [2.24, 2.45) is 0 Å². The Hall–Kier alpha value is -2.24. The van der Waals surface area contributed by atoms with Gasteiger partial charge in [0.2, 0.25) is 11.8 Å². The molecule has 1 fully saturated rings. The largest absolute Gasteiger partial charge is 0.397 e. The van der Waals surface area contributed by atoms with Crippen LogP contribution in [-0.2, 0) is 16.0 Å². The average Bonchev–Trinajstić information content (AvgIpc) is 3.11. The van der Waals surface area contributed by atoms with Crippen molar-refractivity contribution in [3.05, 3.63) is 17.7 Å². The van der Waals surface area contributed by atoms with Gasteiger partial charge in [0.05, 0.1) is 17.8 Å². The van der Waals surface area contributed by atoms with Gasteiger partial charge >= 0.3 is 0 Å². The predicted octanol–water partition coefficient (Wildman–Crippen LogP) is 0.842. The second kappa shape index (κ2) is 4.70. The summed E-state index contributed by atoms with van der Waals surface area (Å²) in [5.74, 6) is -0.0625. The number of nitrogens with two attached hydrogens (primary N) is 1. The predicted molar refractivity (Wildman–Crippen MR) is 77.4 cm³/mol. The molecule has 6 nitrogen and oxygen atoms in total. The molecule has 0 radical (unpaired) electrons. The lowest BCUT2D eigenvalue weighted by Crippen LogP contribution is -2.38. The monoisotopic (exact) mass is 274 g/mol. The standard InChI is InChI=1S/C14H18N4O2/c1-7(14(20)17-9-2-3-9)16-12-6-11-8(4-10(12)15)5-13(19)18-11/h4,6-7,9,16H,2-3,5,15H2,1H3,(H,17,20)(H,18,19). The van der Waals surface area contributed by atoms with E-state index in [4.69, 9.17) is 5.73 Å².